The summed E-state index contributed by atoms with van der Waals surface area (Å²) in [6, 6.07) is 0.606. The molecule has 1 fully saturated rings. The first kappa shape index (κ1) is 13.2. The van der Waals surface area contributed by atoms with Gasteiger partial charge in [0.05, 0.1) is 6.10 Å². The lowest BCUT2D eigenvalue weighted by Crippen LogP contribution is -2.42. The van der Waals surface area contributed by atoms with Crippen LogP contribution in [0.25, 0.3) is 0 Å². The molecule has 1 aliphatic carbocycles. The van der Waals surface area contributed by atoms with Gasteiger partial charge in [-0.1, -0.05) is 13.3 Å². The Hall–Kier alpha value is 0.170. The lowest BCUT2D eigenvalue weighted by Gasteiger charge is -2.18. The number of aliphatic hydroxyl groups excluding tert-OH is 1. The molecule has 0 saturated heterocycles. The van der Waals surface area contributed by atoms with Crippen LogP contribution >= 0.6 is 12.4 Å². The number of aliphatic hydroxyl groups is 1. The van der Waals surface area contributed by atoms with Gasteiger partial charge in [-0.15, -0.1) is 12.4 Å². The number of hydrogen-bond acceptors (Lipinski definition) is 3. The van der Waals surface area contributed by atoms with Gasteiger partial charge in [-0.3, -0.25) is 0 Å². The minimum Gasteiger partial charge on any atom is -0.390 e. The summed E-state index contributed by atoms with van der Waals surface area (Å²) in [6.07, 6.45) is 4.10. The van der Waals surface area contributed by atoms with Gasteiger partial charge in [0, 0.05) is 18.6 Å². The van der Waals surface area contributed by atoms with E-state index in [2.05, 4.69) is 12.2 Å². The van der Waals surface area contributed by atoms with Crippen molar-refractivity contribution in [3.8, 4) is 0 Å². The van der Waals surface area contributed by atoms with Gasteiger partial charge in [-0.05, 0) is 19.3 Å². The molecule has 80 valence electrons. The molecule has 0 aromatic rings. The third-order valence-electron chi connectivity index (χ3n) is 2.31. The van der Waals surface area contributed by atoms with E-state index in [1.54, 1.807) is 0 Å². The fourth-order valence-corrected chi connectivity index (χ4v) is 1.25. The summed E-state index contributed by atoms with van der Waals surface area (Å²) in [4.78, 5) is 0. The standard InChI is InChI=1S/C9H20N2O.ClH/c1-2-3-8(10)9(12)6-11-7-4-5-7;/h7-9,11-12H,2-6,10H2,1H3;1H/t8-,9?;/m0./s1. The molecule has 0 aromatic heterocycles. The molecule has 0 aliphatic heterocycles. The summed E-state index contributed by atoms with van der Waals surface area (Å²) in [5.74, 6) is 0. The third kappa shape index (κ3) is 5.47. The summed E-state index contributed by atoms with van der Waals surface area (Å²) in [6.45, 7) is 2.74. The number of nitrogens with two attached hydrogens (primary N) is 1. The molecular weight excluding hydrogens is 188 g/mol. The lowest BCUT2D eigenvalue weighted by molar-refractivity contribution is 0.137. The highest BCUT2D eigenvalue weighted by molar-refractivity contribution is 5.85. The molecule has 0 aromatic carbocycles. The molecule has 1 unspecified atom stereocenters. The summed E-state index contributed by atoms with van der Waals surface area (Å²) < 4.78 is 0. The van der Waals surface area contributed by atoms with Crippen molar-refractivity contribution in [1.29, 1.82) is 0 Å². The molecule has 0 amide bonds. The van der Waals surface area contributed by atoms with Crippen LogP contribution in [0.1, 0.15) is 32.6 Å². The highest BCUT2D eigenvalue weighted by atomic mass is 35.5. The molecule has 2 atom stereocenters. The van der Waals surface area contributed by atoms with Crippen molar-refractivity contribution in [2.24, 2.45) is 5.73 Å². The molecule has 4 heteroatoms. The SMILES string of the molecule is CCC[C@H](N)C(O)CNC1CC1.Cl. The molecule has 0 bridgehead atoms. The van der Waals surface area contributed by atoms with E-state index in [9.17, 15) is 5.11 Å². The van der Waals surface area contributed by atoms with E-state index in [0.717, 1.165) is 12.8 Å². The number of nitrogens with one attached hydrogen (secondary N) is 1. The Labute approximate surface area is 86.5 Å². The quantitative estimate of drug-likeness (QED) is 0.601. The normalized spacial score (nSPS) is 20.5. The smallest absolute Gasteiger partial charge is 0.0815 e. The van der Waals surface area contributed by atoms with E-state index in [4.69, 9.17) is 5.73 Å². The summed E-state index contributed by atoms with van der Waals surface area (Å²) in [5, 5.41) is 12.8. The fourth-order valence-electron chi connectivity index (χ4n) is 1.25. The maximum atomic E-state index is 9.54. The van der Waals surface area contributed by atoms with Crippen LogP contribution in [-0.4, -0.2) is 29.8 Å². The Balaban J connectivity index is 0.00000144. The van der Waals surface area contributed by atoms with Gasteiger partial charge in [0.1, 0.15) is 0 Å². The topological polar surface area (TPSA) is 58.3 Å². The number of hydrogen-bond donors (Lipinski definition) is 3. The van der Waals surface area contributed by atoms with Crippen LogP contribution in [0.4, 0.5) is 0 Å². The van der Waals surface area contributed by atoms with Crippen LogP contribution in [0.15, 0.2) is 0 Å². The zero-order valence-corrected chi connectivity index (χ0v) is 9.02. The predicted octanol–water partition coefficient (Wildman–Crippen LogP) is 0.648. The van der Waals surface area contributed by atoms with E-state index in [1.165, 1.54) is 12.8 Å². The highest BCUT2D eigenvalue weighted by Gasteiger charge is 2.22. The Morgan fingerprint density at radius 3 is 2.62 bits per heavy atom. The van der Waals surface area contributed by atoms with Crippen molar-refractivity contribution in [3.05, 3.63) is 0 Å². The summed E-state index contributed by atoms with van der Waals surface area (Å²) in [7, 11) is 0. The van der Waals surface area contributed by atoms with E-state index >= 15 is 0 Å². The van der Waals surface area contributed by atoms with Crippen molar-refractivity contribution in [2.75, 3.05) is 6.54 Å². The van der Waals surface area contributed by atoms with E-state index in [-0.39, 0.29) is 24.6 Å². The van der Waals surface area contributed by atoms with Crippen LogP contribution in [0.2, 0.25) is 0 Å². The van der Waals surface area contributed by atoms with Gasteiger partial charge >= 0.3 is 0 Å². The van der Waals surface area contributed by atoms with Crippen molar-refractivity contribution in [1.82, 2.24) is 5.32 Å². The molecule has 1 saturated carbocycles. The van der Waals surface area contributed by atoms with E-state index in [0.29, 0.717) is 12.6 Å². The molecule has 4 N–H and O–H groups in total. The van der Waals surface area contributed by atoms with E-state index < -0.39 is 0 Å². The van der Waals surface area contributed by atoms with Gasteiger partial charge < -0.3 is 16.2 Å². The van der Waals surface area contributed by atoms with Crippen LogP contribution in [0, 0.1) is 0 Å². The maximum absolute atomic E-state index is 9.54. The number of halogens is 1. The highest BCUT2D eigenvalue weighted by Crippen LogP contribution is 2.18. The molecule has 0 spiro atoms. The molecule has 0 heterocycles. The van der Waals surface area contributed by atoms with Crippen LogP contribution in [0.3, 0.4) is 0 Å². The average Bonchev–Trinajstić information content (AvgIpc) is 2.83. The fraction of sp³-hybridized carbons (Fsp3) is 1.00. The van der Waals surface area contributed by atoms with Gasteiger partial charge in [0.2, 0.25) is 0 Å². The van der Waals surface area contributed by atoms with Crippen LogP contribution in [-0.2, 0) is 0 Å². The van der Waals surface area contributed by atoms with Gasteiger partial charge in [-0.25, -0.2) is 0 Å². The summed E-state index contributed by atoms with van der Waals surface area (Å²) in [5.41, 5.74) is 5.74. The molecule has 1 rings (SSSR count). The largest absolute Gasteiger partial charge is 0.390 e. The van der Waals surface area contributed by atoms with Gasteiger partial charge in [0.15, 0.2) is 0 Å². The molecule has 3 nitrogen and oxygen atoms in total. The second-order valence-electron chi connectivity index (χ2n) is 3.70. The third-order valence-corrected chi connectivity index (χ3v) is 2.31. The average molecular weight is 209 g/mol. The van der Waals surface area contributed by atoms with Gasteiger partial charge in [0.25, 0.3) is 0 Å². The van der Waals surface area contributed by atoms with Crippen molar-refractivity contribution in [3.63, 3.8) is 0 Å². The first-order chi connectivity index (χ1) is 5.74. The Morgan fingerprint density at radius 2 is 2.15 bits per heavy atom. The predicted molar refractivity (Wildman–Crippen MR) is 57.2 cm³/mol. The van der Waals surface area contributed by atoms with Crippen molar-refractivity contribution >= 4 is 12.4 Å². The maximum Gasteiger partial charge on any atom is 0.0815 e. The Bertz CT molecular complexity index is 131. The monoisotopic (exact) mass is 208 g/mol. The summed E-state index contributed by atoms with van der Waals surface area (Å²) >= 11 is 0. The zero-order valence-electron chi connectivity index (χ0n) is 8.20. The minimum atomic E-state index is -0.370. The van der Waals surface area contributed by atoms with Crippen LogP contribution in [0.5, 0.6) is 0 Å². The first-order valence-corrected chi connectivity index (χ1v) is 4.91. The molecule has 13 heavy (non-hydrogen) atoms. The first-order valence-electron chi connectivity index (χ1n) is 4.91. The molecule has 1 aliphatic rings. The van der Waals surface area contributed by atoms with Crippen LogP contribution < -0.4 is 11.1 Å². The Kier molecular flexibility index (Phi) is 6.68. The zero-order chi connectivity index (χ0) is 8.97. The van der Waals surface area contributed by atoms with Crippen molar-refractivity contribution in [2.45, 2.75) is 50.8 Å². The van der Waals surface area contributed by atoms with Crippen molar-refractivity contribution < 1.29 is 5.11 Å². The molecule has 0 radical (unpaired) electrons. The van der Waals surface area contributed by atoms with Gasteiger partial charge in [-0.2, -0.15) is 0 Å². The second kappa shape index (κ2) is 6.60. The molecular formula is C9H21ClN2O. The lowest BCUT2D eigenvalue weighted by atomic mass is 10.1. The Morgan fingerprint density at radius 1 is 1.54 bits per heavy atom. The number of rotatable bonds is 6. The minimum absolute atomic E-state index is 0. The second-order valence-corrected chi connectivity index (χ2v) is 3.70. The van der Waals surface area contributed by atoms with E-state index in [1.807, 2.05) is 0 Å².